The van der Waals surface area contributed by atoms with Gasteiger partial charge in [0.1, 0.15) is 11.7 Å². The zero-order chi connectivity index (χ0) is 13.5. The number of para-hydroxylation sites is 1. The highest BCUT2D eigenvalue weighted by Crippen LogP contribution is 2.18. The molecule has 1 aromatic carbocycles. The average molecular weight is 261 g/mol. The number of nitrogens with zero attached hydrogens (tertiary/aromatic N) is 3. The number of aromatic nitrogens is 3. The van der Waals surface area contributed by atoms with E-state index in [4.69, 9.17) is 0 Å². The minimum atomic E-state index is -0.557. The Balaban J connectivity index is 1.81. The highest BCUT2D eigenvalue weighted by Gasteiger charge is 2.11. The lowest BCUT2D eigenvalue weighted by molar-refractivity contribution is 0.0810. The molecule has 2 rings (SSSR count). The second-order valence-electron chi connectivity index (χ2n) is 5.06. The van der Waals surface area contributed by atoms with Crippen LogP contribution in [0.2, 0.25) is 0 Å². The monoisotopic (exact) mass is 261 g/mol. The van der Waals surface area contributed by atoms with E-state index in [0.29, 0.717) is 0 Å². The molecule has 19 heavy (non-hydrogen) atoms. The molecule has 0 fully saturated rings. The summed E-state index contributed by atoms with van der Waals surface area (Å²) in [4.78, 5) is 0. The molecule has 0 radical (unpaired) electrons. The molecule has 0 aliphatic carbocycles. The Morgan fingerprint density at radius 1 is 1.11 bits per heavy atom. The predicted octanol–water partition coefficient (Wildman–Crippen LogP) is 3.67. The Hall–Kier alpha value is -1.42. The Kier molecular flexibility index (Phi) is 5.33. The van der Waals surface area contributed by atoms with Crippen LogP contribution in [0.25, 0.3) is 11.0 Å². The maximum absolute atomic E-state index is 10.2. The second kappa shape index (κ2) is 7.24. The molecule has 0 bridgehead atoms. The van der Waals surface area contributed by atoms with Gasteiger partial charge in [0, 0.05) is 0 Å². The van der Waals surface area contributed by atoms with Crippen LogP contribution in [0.5, 0.6) is 0 Å². The van der Waals surface area contributed by atoms with Crippen LogP contribution in [0.4, 0.5) is 0 Å². The largest absolute Gasteiger partial charge is 0.372 e. The molecule has 4 nitrogen and oxygen atoms in total. The van der Waals surface area contributed by atoms with Crippen molar-refractivity contribution < 1.29 is 5.11 Å². The molecule has 0 aliphatic rings. The van der Waals surface area contributed by atoms with Crippen LogP contribution in [0.15, 0.2) is 24.3 Å². The summed E-state index contributed by atoms with van der Waals surface area (Å²) in [6.45, 7) is 2.22. The van der Waals surface area contributed by atoms with Crippen molar-refractivity contribution in [3.63, 3.8) is 0 Å². The van der Waals surface area contributed by atoms with Gasteiger partial charge in [-0.2, -0.15) is 0 Å². The Bertz CT molecular complexity index is 495. The lowest BCUT2D eigenvalue weighted by Gasteiger charge is -2.11. The number of benzene rings is 1. The molecule has 0 saturated heterocycles. The van der Waals surface area contributed by atoms with Gasteiger partial charge in [0.15, 0.2) is 0 Å². The first-order valence-electron chi connectivity index (χ1n) is 7.31. The quantitative estimate of drug-likeness (QED) is 0.737. The second-order valence-corrected chi connectivity index (χ2v) is 5.06. The van der Waals surface area contributed by atoms with E-state index >= 15 is 0 Å². The van der Waals surface area contributed by atoms with Gasteiger partial charge < -0.3 is 5.11 Å². The fraction of sp³-hybridized carbons (Fsp3) is 0.600. The molecule has 0 amide bonds. The van der Waals surface area contributed by atoms with Crippen LogP contribution in [0, 0.1) is 0 Å². The van der Waals surface area contributed by atoms with Gasteiger partial charge in [0.2, 0.25) is 0 Å². The summed E-state index contributed by atoms with van der Waals surface area (Å²) in [6, 6.07) is 7.73. The lowest BCUT2D eigenvalue weighted by atomic mass is 10.1. The van der Waals surface area contributed by atoms with Crippen molar-refractivity contribution in [1.29, 1.82) is 0 Å². The van der Waals surface area contributed by atoms with Gasteiger partial charge >= 0.3 is 0 Å². The maximum Gasteiger partial charge on any atom is 0.149 e. The van der Waals surface area contributed by atoms with Crippen LogP contribution < -0.4 is 0 Å². The summed E-state index contributed by atoms with van der Waals surface area (Å²) in [5.41, 5.74) is 1.74. The van der Waals surface area contributed by atoms with E-state index in [1.165, 1.54) is 32.1 Å². The van der Waals surface area contributed by atoms with Gasteiger partial charge in [0.05, 0.1) is 5.52 Å². The highest BCUT2D eigenvalue weighted by atomic mass is 16.3. The van der Waals surface area contributed by atoms with Gasteiger partial charge in [-0.1, -0.05) is 56.4 Å². The fourth-order valence-corrected chi connectivity index (χ4v) is 2.34. The summed E-state index contributed by atoms with van der Waals surface area (Å²) < 4.78 is 1.63. The van der Waals surface area contributed by atoms with Crippen molar-refractivity contribution in [3.8, 4) is 0 Å². The van der Waals surface area contributed by atoms with E-state index in [0.717, 1.165) is 23.9 Å². The third-order valence-electron chi connectivity index (χ3n) is 3.48. The van der Waals surface area contributed by atoms with Gasteiger partial charge in [-0.15, -0.1) is 5.10 Å². The molecular formula is C15H23N3O. The van der Waals surface area contributed by atoms with E-state index < -0.39 is 6.23 Å². The maximum atomic E-state index is 10.2. The molecular weight excluding hydrogens is 238 g/mol. The third kappa shape index (κ3) is 3.77. The number of aliphatic hydroxyl groups excluding tert-OH is 1. The third-order valence-corrected chi connectivity index (χ3v) is 3.48. The lowest BCUT2D eigenvalue weighted by Crippen LogP contribution is -2.09. The van der Waals surface area contributed by atoms with Gasteiger partial charge in [-0.3, -0.25) is 0 Å². The fourth-order valence-electron chi connectivity index (χ4n) is 2.34. The van der Waals surface area contributed by atoms with Crippen LogP contribution in [-0.4, -0.2) is 20.1 Å². The SMILES string of the molecule is CCCCCCCCC(O)n1nnc2ccccc21. The minimum absolute atomic E-state index is 0.557. The molecule has 1 N–H and O–H groups in total. The molecule has 1 unspecified atom stereocenters. The molecule has 0 saturated carbocycles. The van der Waals surface area contributed by atoms with E-state index in [9.17, 15) is 5.11 Å². The Labute approximate surface area is 114 Å². The zero-order valence-corrected chi connectivity index (χ0v) is 11.6. The number of hydrogen-bond acceptors (Lipinski definition) is 3. The van der Waals surface area contributed by atoms with Gasteiger partial charge in [-0.05, 0) is 25.0 Å². The summed E-state index contributed by atoms with van der Waals surface area (Å²) >= 11 is 0. The van der Waals surface area contributed by atoms with Crippen LogP contribution in [0.3, 0.4) is 0 Å². The van der Waals surface area contributed by atoms with Crippen LogP contribution in [-0.2, 0) is 0 Å². The normalized spacial score (nSPS) is 12.9. The van der Waals surface area contributed by atoms with Crippen LogP contribution >= 0.6 is 0 Å². The average Bonchev–Trinajstić information content (AvgIpc) is 2.86. The number of hydrogen-bond donors (Lipinski definition) is 1. The number of fused-ring (bicyclic) bond motifs is 1. The van der Waals surface area contributed by atoms with Crippen molar-refractivity contribution in [2.45, 2.75) is 58.1 Å². The summed E-state index contributed by atoms with van der Waals surface area (Å²) in [5.74, 6) is 0. The molecule has 0 aliphatic heterocycles. The van der Waals surface area contributed by atoms with Crippen molar-refractivity contribution in [3.05, 3.63) is 24.3 Å². The summed E-state index contributed by atoms with van der Waals surface area (Å²) in [7, 11) is 0. The highest BCUT2D eigenvalue weighted by molar-refractivity contribution is 5.73. The van der Waals surface area contributed by atoms with Gasteiger partial charge in [0.25, 0.3) is 0 Å². The molecule has 104 valence electrons. The molecule has 1 heterocycles. The first kappa shape index (κ1) is 14.0. The first-order valence-corrected chi connectivity index (χ1v) is 7.31. The Morgan fingerprint density at radius 2 is 1.84 bits per heavy atom. The molecule has 1 atom stereocenters. The number of unbranched alkanes of at least 4 members (excludes halogenated alkanes) is 5. The van der Waals surface area contributed by atoms with Crippen molar-refractivity contribution in [1.82, 2.24) is 15.0 Å². The molecule has 1 aromatic heterocycles. The first-order chi connectivity index (χ1) is 9.33. The zero-order valence-electron chi connectivity index (χ0n) is 11.6. The smallest absolute Gasteiger partial charge is 0.149 e. The number of rotatable bonds is 8. The summed E-state index contributed by atoms with van der Waals surface area (Å²) in [5, 5.41) is 18.3. The molecule has 0 spiro atoms. The standard InChI is InChI=1S/C15H23N3O/c1-2-3-4-5-6-7-12-15(19)18-14-11-9-8-10-13(14)16-17-18/h8-11,15,19H,2-7,12H2,1H3. The predicted molar refractivity (Wildman–Crippen MR) is 76.8 cm³/mol. The van der Waals surface area contributed by atoms with Gasteiger partial charge in [-0.25, -0.2) is 4.68 Å². The Morgan fingerprint density at radius 3 is 2.68 bits per heavy atom. The summed E-state index contributed by atoms with van der Waals surface area (Å²) in [6.07, 6.45) is 7.57. The number of aliphatic hydroxyl groups is 1. The van der Waals surface area contributed by atoms with Crippen molar-refractivity contribution in [2.24, 2.45) is 0 Å². The van der Waals surface area contributed by atoms with Crippen LogP contribution in [0.1, 0.15) is 58.1 Å². The van der Waals surface area contributed by atoms with Crippen molar-refractivity contribution >= 4 is 11.0 Å². The minimum Gasteiger partial charge on any atom is -0.372 e. The van der Waals surface area contributed by atoms with E-state index in [2.05, 4.69) is 17.2 Å². The molecule has 4 heteroatoms. The van der Waals surface area contributed by atoms with Crippen molar-refractivity contribution in [2.75, 3.05) is 0 Å². The molecule has 2 aromatic rings. The van der Waals surface area contributed by atoms with E-state index in [-0.39, 0.29) is 0 Å². The van der Waals surface area contributed by atoms with E-state index in [1.54, 1.807) is 4.68 Å². The van der Waals surface area contributed by atoms with E-state index in [1.807, 2.05) is 24.3 Å². The topological polar surface area (TPSA) is 50.9 Å².